The Balaban J connectivity index is 1.38. The van der Waals surface area contributed by atoms with Gasteiger partial charge in [0.05, 0.1) is 6.04 Å². The molecule has 34 heavy (non-hydrogen) atoms. The maximum atomic E-state index is 4.30. The van der Waals surface area contributed by atoms with Crippen molar-refractivity contribution < 1.29 is 0 Å². The molecule has 170 valence electrons. The largest absolute Gasteiger partial charge is 0.378 e. The van der Waals surface area contributed by atoms with Crippen LogP contribution in [0.25, 0.3) is 5.57 Å². The maximum Gasteiger partial charge on any atom is 0.0508 e. The lowest BCUT2D eigenvalue weighted by Gasteiger charge is -2.33. The van der Waals surface area contributed by atoms with Crippen LogP contribution in [-0.4, -0.2) is 6.04 Å². The van der Waals surface area contributed by atoms with E-state index in [0.717, 1.165) is 17.7 Å². The minimum atomic E-state index is 0.295. The molecule has 0 radical (unpaired) electrons. The topological polar surface area (TPSA) is 15.3 Å². The summed E-state index contributed by atoms with van der Waals surface area (Å²) in [4.78, 5) is 2.33. The van der Waals surface area contributed by atoms with Crippen LogP contribution in [0, 0.1) is 11.8 Å². The highest BCUT2D eigenvalue weighted by molar-refractivity contribution is 5.77. The number of nitrogens with one attached hydrogen (secondary N) is 1. The SMILES string of the molecule is C=C1/C=C\C=C/N(c2ccc(C3=CC(C)C(Nc4ccccc4)C=C3)cc2)C2=C1C=CCC2C. The Bertz CT molecular complexity index is 1240. The van der Waals surface area contributed by atoms with Crippen molar-refractivity contribution in [1.29, 1.82) is 0 Å². The Morgan fingerprint density at radius 3 is 2.47 bits per heavy atom. The molecule has 1 aliphatic heterocycles. The van der Waals surface area contributed by atoms with Crippen molar-refractivity contribution in [2.75, 3.05) is 10.2 Å². The lowest BCUT2D eigenvalue weighted by Crippen LogP contribution is -2.26. The van der Waals surface area contributed by atoms with Crippen molar-refractivity contribution in [2.24, 2.45) is 11.8 Å². The lowest BCUT2D eigenvalue weighted by atomic mass is 9.88. The van der Waals surface area contributed by atoms with E-state index in [2.05, 4.69) is 134 Å². The molecule has 5 rings (SSSR count). The van der Waals surface area contributed by atoms with Gasteiger partial charge >= 0.3 is 0 Å². The van der Waals surface area contributed by atoms with E-state index in [1.165, 1.54) is 28.1 Å². The predicted molar refractivity (Wildman–Crippen MR) is 146 cm³/mol. The van der Waals surface area contributed by atoms with Gasteiger partial charge in [-0.2, -0.15) is 0 Å². The summed E-state index contributed by atoms with van der Waals surface area (Å²) in [6, 6.07) is 19.7. The van der Waals surface area contributed by atoms with Crippen LogP contribution in [0.15, 0.2) is 133 Å². The first-order valence-corrected chi connectivity index (χ1v) is 12.2. The molecule has 0 fully saturated rings. The highest BCUT2D eigenvalue weighted by Gasteiger charge is 2.24. The van der Waals surface area contributed by atoms with Gasteiger partial charge in [-0.3, -0.25) is 0 Å². The van der Waals surface area contributed by atoms with E-state index in [9.17, 15) is 0 Å². The van der Waals surface area contributed by atoms with Crippen molar-refractivity contribution in [2.45, 2.75) is 26.3 Å². The lowest BCUT2D eigenvalue weighted by molar-refractivity contribution is 0.661. The Morgan fingerprint density at radius 2 is 1.71 bits per heavy atom. The third kappa shape index (κ3) is 4.49. The minimum absolute atomic E-state index is 0.295. The normalized spacial score (nSPS) is 25.8. The summed E-state index contributed by atoms with van der Waals surface area (Å²) in [6.07, 6.45) is 20.9. The summed E-state index contributed by atoms with van der Waals surface area (Å²) in [5.41, 5.74) is 8.47. The van der Waals surface area contributed by atoms with Gasteiger partial charge in [0.15, 0.2) is 0 Å². The third-order valence-electron chi connectivity index (χ3n) is 6.84. The van der Waals surface area contributed by atoms with E-state index < -0.39 is 0 Å². The molecule has 2 nitrogen and oxygen atoms in total. The van der Waals surface area contributed by atoms with Crippen molar-refractivity contribution in [3.63, 3.8) is 0 Å². The van der Waals surface area contributed by atoms with Crippen molar-refractivity contribution in [3.8, 4) is 0 Å². The zero-order chi connectivity index (χ0) is 23.5. The molecule has 3 atom stereocenters. The molecule has 0 bridgehead atoms. The van der Waals surface area contributed by atoms with Gasteiger partial charge in [0.2, 0.25) is 0 Å². The average molecular weight is 445 g/mol. The fourth-order valence-electron chi connectivity index (χ4n) is 4.93. The van der Waals surface area contributed by atoms with E-state index >= 15 is 0 Å². The number of anilines is 2. The van der Waals surface area contributed by atoms with Gasteiger partial charge in [-0.1, -0.05) is 93.3 Å². The second kappa shape index (κ2) is 9.61. The van der Waals surface area contributed by atoms with Crippen LogP contribution in [0.2, 0.25) is 0 Å². The molecule has 0 saturated carbocycles. The van der Waals surface area contributed by atoms with E-state index in [1.54, 1.807) is 0 Å². The molecule has 2 heteroatoms. The number of para-hydroxylation sites is 1. The zero-order valence-electron chi connectivity index (χ0n) is 20.0. The number of hydrogen-bond donors (Lipinski definition) is 1. The van der Waals surface area contributed by atoms with Crippen LogP contribution in [0.1, 0.15) is 25.8 Å². The Labute approximate surface area is 203 Å². The van der Waals surface area contributed by atoms with Crippen LogP contribution in [0.5, 0.6) is 0 Å². The van der Waals surface area contributed by atoms with Gasteiger partial charge in [-0.25, -0.2) is 0 Å². The molecular weight excluding hydrogens is 412 g/mol. The van der Waals surface area contributed by atoms with Gasteiger partial charge in [0.25, 0.3) is 0 Å². The van der Waals surface area contributed by atoms with Gasteiger partial charge < -0.3 is 10.2 Å². The molecule has 2 aliphatic carbocycles. The van der Waals surface area contributed by atoms with Crippen LogP contribution >= 0.6 is 0 Å². The summed E-state index contributed by atoms with van der Waals surface area (Å²) in [5.74, 6) is 0.837. The van der Waals surface area contributed by atoms with Crippen molar-refractivity contribution in [3.05, 3.63) is 138 Å². The first kappa shape index (κ1) is 22.0. The highest BCUT2D eigenvalue weighted by Crippen LogP contribution is 2.37. The number of hydrogen-bond acceptors (Lipinski definition) is 2. The van der Waals surface area contributed by atoms with Gasteiger partial charge in [0, 0.05) is 34.8 Å². The quantitative estimate of drug-likeness (QED) is 0.513. The van der Waals surface area contributed by atoms with Crippen molar-refractivity contribution >= 4 is 16.9 Å². The van der Waals surface area contributed by atoms with Gasteiger partial charge in [-0.15, -0.1) is 0 Å². The van der Waals surface area contributed by atoms with E-state index in [4.69, 9.17) is 0 Å². The Morgan fingerprint density at radius 1 is 0.912 bits per heavy atom. The van der Waals surface area contributed by atoms with Crippen LogP contribution in [0.3, 0.4) is 0 Å². The summed E-state index contributed by atoms with van der Waals surface area (Å²) >= 11 is 0. The van der Waals surface area contributed by atoms with E-state index in [0.29, 0.717) is 17.9 Å². The first-order chi connectivity index (χ1) is 16.6. The zero-order valence-corrected chi connectivity index (χ0v) is 20.0. The van der Waals surface area contributed by atoms with Crippen LogP contribution < -0.4 is 10.2 Å². The molecule has 2 aromatic carbocycles. The molecule has 1 heterocycles. The maximum absolute atomic E-state index is 4.30. The summed E-state index contributed by atoms with van der Waals surface area (Å²) in [6.45, 7) is 8.87. The monoisotopic (exact) mass is 444 g/mol. The molecule has 3 aliphatic rings. The van der Waals surface area contributed by atoms with Gasteiger partial charge in [-0.05, 0) is 59.4 Å². The van der Waals surface area contributed by atoms with Crippen molar-refractivity contribution in [1.82, 2.24) is 0 Å². The average Bonchev–Trinajstić information content (AvgIpc) is 2.85. The summed E-state index contributed by atoms with van der Waals surface area (Å²) in [5, 5.41) is 3.63. The van der Waals surface area contributed by atoms with E-state index in [-0.39, 0.29) is 0 Å². The second-order valence-corrected chi connectivity index (χ2v) is 9.36. The summed E-state index contributed by atoms with van der Waals surface area (Å²) in [7, 11) is 0. The molecule has 0 aromatic heterocycles. The number of allylic oxidation sites excluding steroid dienone is 10. The molecule has 0 saturated heterocycles. The summed E-state index contributed by atoms with van der Waals surface area (Å²) < 4.78 is 0. The Kier molecular flexibility index (Phi) is 6.22. The predicted octanol–water partition coefficient (Wildman–Crippen LogP) is 8.05. The third-order valence-corrected chi connectivity index (χ3v) is 6.84. The minimum Gasteiger partial charge on any atom is -0.378 e. The first-order valence-electron chi connectivity index (χ1n) is 12.2. The smallest absolute Gasteiger partial charge is 0.0508 e. The molecule has 0 spiro atoms. The second-order valence-electron chi connectivity index (χ2n) is 9.36. The molecule has 3 unspecified atom stereocenters. The standard InChI is InChI=1S/C32H32N2/c1-23-10-7-8-21-34(32-24(2)11-9-14-30(23)32)29-18-15-26(16-19-29)27-17-20-31(25(3)22-27)33-28-12-5-4-6-13-28/h4-10,12-22,24-25,31,33H,1,11H2,2-3H3/b10-7-,21-8-. The van der Waals surface area contributed by atoms with Crippen LogP contribution in [-0.2, 0) is 0 Å². The fourth-order valence-corrected chi connectivity index (χ4v) is 4.93. The number of benzene rings is 2. The molecular formula is C32H32N2. The fraction of sp³-hybridized carbons (Fsp3) is 0.188. The number of rotatable bonds is 4. The van der Waals surface area contributed by atoms with Gasteiger partial charge in [0.1, 0.15) is 0 Å². The Hall–Kier alpha value is -3.78. The molecule has 0 amide bonds. The number of nitrogens with zero attached hydrogens (tertiary/aromatic N) is 1. The molecule has 1 N–H and O–H groups in total. The highest BCUT2D eigenvalue weighted by atomic mass is 15.1. The van der Waals surface area contributed by atoms with Crippen LogP contribution in [0.4, 0.5) is 11.4 Å². The van der Waals surface area contributed by atoms with E-state index in [1.807, 2.05) is 6.07 Å². The molecule has 2 aromatic rings.